The molecular weight excluding hydrogens is 202 g/mol. The highest BCUT2D eigenvalue weighted by atomic mass is 16.2. The Morgan fingerprint density at radius 2 is 1.81 bits per heavy atom. The third-order valence-corrected chi connectivity index (χ3v) is 2.64. The van der Waals surface area contributed by atoms with E-state index in [1.165, 1.54) is 16.0 Å². The van der Waals surface area contributed by atoms with Crippen molar-refractivity contribution in [2.45, 2.75) is 19.8 Å². The van der Waals surface area contributed by atoms with Crippen LogP contribution in [0.25, 0.3) is 0 Å². The number of carbonyl (C=O) groups is 2. The normalized spacial score (nSPS) is 9.88. The minimum atomic E-state index is -0.467. The van der Waals surface area contributed by atoms with E-state index in [9.17, 15) is 9.59 Å². The van der Waals surface area contributed by atoms with Gasteiger partial charge >= 0.3 is 0 Å². The van der Waals surface area contributed by atoms with Crippen LogP contribution in [-0.2, 0) is 22.4 Å². The van der Waals surface area contributed by atoms with Crippen LogP contribution in [0.4, 0.5) is 0 Å². The van der Waals surface area contributed by atoms with E-state index < -0.39 is 5.91 Å². The molecule has 0 radical (unpaired) electrons. The van der Waals surface area contributed by atoms with Gasteiger partial charge in [-0.1, -0.05) is 31.2 Å². The number of likely N-dealkylation sites (N-methyl/N-ethyl adjacent to an activating group) is 1. The Hall–Kier alpha value is -1.64. The summed E-state index contributed by atoms with van der Waals surface area (Å²) in [6.07, 6.45) is 2.16. The largest absolute Gasteiger partial charge is 0.339 e. The Kier molecular flexibility index (Phi) is 4.70. The number of benzene rings is 1. The van der Waals surface area contributed by atoms with Crippen molar-refractivity contribution in [3.8, 4) is 0 Å². The third-order valence-electron chi connectivity index (χ3n) is 2.64. The van der Waals surface area contributed by atoms with E-state index in [1.807, 2.05) is 0 Å². The zero-order chi connectivity index (χ0) is 12.0. The summed E-state index contributed by atoms with van der Waals surface area (Å²) < 4.78 is 0. The lowest BCUT2D eigenvalue weighted by molar-refractivity contribution is -0.137. The minimum Gasteiger partial charge on any atom is -0.339 e. The van der Waals surface area contributed by atoms with Gasteiger partial charge in [0.05, 0.1) is 0 Å². The van der Waals surface area contributed by atoms with Gasteiger partial charge < -0.3 is 4.90 Å². The van der Waals surface area contributed by atoms with Crippen molar-refractivity contribution in [3.63, 3.8) is 0 Å². The number of aldehydes is 1. The summed E-state index contributed by atoms with van der Waals surface area (Å²) in [4.78, 5) is 22.7. The average molecular weight is 219 g/mol. The molecule has 0 saturated carbocycles. The molecular formula is C13H17NO2. The fourth-order valence-corrected chi connectivity index (χ4v) is 1.44. The van der Waals surface area contributed by atoms with E-state index >= 15 is 0 Å². The molecule has 0 aliphatic carbocycles. The van der Waals surface area contributed by atoms with Crippen molar-refractivity contribution in [2.24, 2.45) is 0 Å². The summed E-state index contributed by atoms with van der Waals surface area (Å²) in [5, 5.41) is 0. The van der Waals surface area contributed by atoms with Crippen molar-refractivity contribution in [1.29, 1.82) is 0 Å². The average Bonchev–Trinajstić information content (AvgIpc) is 2.35. The van der Waals surface area contributed by atoms with Gasteiger partial charge in [-0.3, -0.25) is 9.59 Å². The maximum absolute atomic E-state index is 11.0. The molecule has 0 aliphatic heterocycles. The SMILES string of the molecule is CCc1ccc(CCN(C)C(=O)C=O)cc1. The van der Waals surface area contributed by atoms with Gasteiger partial charge in [0.1, 0.15) is 0 Å². The third kappa shape index (κ3) is 3.50. The Morgan fingerprint density at radius 1 is 1.25 bits per heavy atom. The molecule has 1 aromatic rings. The van der Waals surface area contributed by atoms with Gasteiger partial charge in [0.15, 0.2) is 0 Å². The molecule has 1 amide bonds. The second kappa shape index (κ2) is 6.05. The summed E-state index contributed by atoms with van der Waals surface area (Å²) in [5.74, 6) is -0.467. The highest BCUT2D eigenvalue weighted by molar-refractivity contribution is 6.23. The molecule has 0 fully saturated rings. The molecule has 0 saturated heterocycles. The zero-order valence-corrected chi connectivity index (χ0v) is 9.77. The summed E-state index contributed by atoms with van der Waals surface area (Å²) in [6.45, 7) is 2.69. The van der Waals surface area contributed by atoms with Gasteiger partial charge in [-0.05, 0) is 24.0 Å². The monoisotopic (exact) mass is 219 g/mol. The zero-order valence-electron chi connectivity index (χ0n) is 9.77. The van der Waals surface area contributed by atoms with Gasteiger partial charge in [0.2, 0.25) is 6.29 Å². The van der Waals surface area contributed by atoms with Crippen LogP contribution < -0.4 is 0 Å². The standard InChI is InChI=1S/C13H17NO2/c1-3-11-4-6-12(7-5-11)8-9-14(2)13(16)10-15/h4-7,10H,3,8-9H2,1-2H3. The first-order valence-electron chi connectivity index (χ1n) is 5.45. The van der Waals surface area contributed by atoms with E-state index in [-0.39, 0.29) is 0 Å². The van der Waals surface area contributed by atoms with E-state index in [2.05, 4.69) is 31.2 Å². The van der Waals surface area contributed by atoms with Crippen molar-refractivity contribution in [1.82, 2.24) is 4.90 Å². The maximum atomic E-state index is 11.0. The van der Waals surface area contributed by atoms with Crippen molar-refractivity contribution in [2.75, 3.05) is 13.6 Å². The van der Waals surface area contributed by atoms with Crippen LogP contribution in [0, 0.1) is 0 Å². The van der Waals surface area contributed by atoms with Crippen LogP contribution in [0.2, 0.25) is 0 Å². The second-order valence-corrected chi connectivity index (χ2v) is 3.80. The molecule has 0 spiro atoms. The molecule has 1 rings (SSSR count). The Morgan fingerprint density at radius 3 is 2.31 bits per heavy atom. The number of amides is 1. The van der Waals surface area contributed by atoms with Crippen molar-refractivity contribution >= 4 is 12.2 Å². The first-order valence-corrected chi connectivity index (χ1v) is 5.45. The second-order valence-electron chi connectivity index (χ2n) is 3.80. The highest BCUT2D eigenvalue weighted by Gasteiger charge is 2.05. The fourth-order valence-electron chi connectivity index (χ4n) is 1.44. The van der Waals surface area contributed by atoms with Crippen LogP contribution in [-0.4, -0.2) is 30.7 Å². The Bertz CT molecular complexity index is 357. The number of hydrogen-bond donors (Lipinski definition) is 0. The van der Waals surface area contributed by atoms with Gasteiger partial charge in [0, 0.05) is 13.6 Å². The van der Waals surface area contributed by atoms with Crippen molar-refractivity contribution in [3.05, 3.63) is 35.4 Å². The van der Waals surface area contributed by atoms with E-state index in [0.29, 0.717) is 12.8 Å². The molecule has 0 unspecified atom stereocenters. The molecule has 16 heavy (non-hydrogen) atoms. The highest BCUT2D eigenvalue weighted by Crippen LogP contribution is 2.06. The topological polar surface area (TPSA) is 37.4 Å². The molecule has 0 aliphatic rings. The van der Waals surface area contributed by atoms with Crippen LogP contribution in [0.1, 0.15) is 18.1 Å². The summed E-state index contributed by atoms with van der Waals surface area (Å²) in [6, 6.07) is 8.32. The Balaban J connectivity index is 2.48. The van der Waals surface area contributed by atoms with Crippen molar-refractivity contribution < 1.29 is 9.59 Å². The lowest BCUT2D eigenvalue weighted by Crippen LogP contribution is -2.29. The number of carbonyl (C=O) groups excluding carboxylic acids is 2. The fraction of sp³-hybridized carbons (Fsp3) is 0.385. The quantitative estimate of drug-likeness (QED) is 0.555. The van der Waals surface area contributed by atoms with Crippen LogP contribution >= 0.6 is 0 Å². The molecule has 0 aromatic heterocycles. The number of hydrogen-bond acceptors (Lipinski definition) is 2. The lowest BCUT2D eigenvalue weighted by Gasteiger charge is -2.13. The van der Waals surface area contributed by atoms with Gasteiger partial charge in [-0.25, -0.2) is 0 Å². The molecule has 3 heteroatoms. The molecule has 0 N–H and O–H groups in total. The summed E-state index contributed by atoms with van der Waals surface area (Å²) in [5.41, 5.74) is 2.49. The lowest BCUT2D eigenvalue weighted by atomic mass is 10.1. The maximum Gasteiger partial charge on any atom is 0.286 e. The first-order chi connectivity index (χ1) is 7.67. The minimum absolute atomic E-state index is 0.347. The smallest absolute Gasteiger partial charge is 0.286 e. The predicted molar refractivity (Wildman–Crippen MR) is 63.2 cm³/mol. The number of rotatable bonds is 5. The molecule has 0 heterocycles. The van der Waals surface area contributed by atoms with Gasteiger partial charge in [0.25, 0.3) is 5.91 Å². The Labute approximate surface area is 96.1 Å². The molecule has 0 bridgehead atoms. The number of aryl methyl sites for hydroxylation is 1. The first kappa shape index (κ1) is 12.4. The summed E-state index contributed by atoms with van der Waals surface area (Å²) in [7, 11) is 1.64. The van der Waals surface area contributed by atoms with Crippen LogP contribution in [0.3, 0.4) is 0 Å². The van der Waals surface area contributed by atoms with Gasteiger partial charge in [-0.15, -0.1) is 0 Å². The van der Waals surface area contributed by atoms with E-state index in [4.69, 9.17) is 0 Å². The molecule has 1 aromatic carbocycles. The van der Waals surface area contributed by atoms with Gasteiger partial charge in [-0.2, -0.15) is 0 Å². The summed E-state index contributed by atoms with van der Waals surface area (Å²) >= 11 is 0. The predicted octanol–water partition coefficient (Wildman–Crippen LogP) is 1.45. The van der Waals surface area contributed by atoms with Crippen LogP contribution in [0.15, 0.2) is 24.3 Å². The molecule has 0 atom stereocenters. The van der Waals surface area contributed by atoms with E-state index in [0.717, 1.165) is 12.8 Å². The van der Waals surface area contributed by atoms with Crippen LogP contribution in [0.5, 0.6) is 0 Å². The number of nitrogens with zero attached hydrogens (tertiary/aromatic N) is 1. The van der Waals surface area contributed by atoms with E-state index in [1.54, 1.807) is 7.05 Å². The molecule has 3 nitrogen and oxygen atoms in total. The molecule has 86 valence electrons.